The van der Waals surface area contributed by atoms with E-state index in [0.29, 0.717) is 12.2 Å². The lowest BCUT2D eigenvalue weighted by Crippen LogP contribution is -2.24. The smallest absolute Gasteiger partial charge is 0.288 e. The first-order valence-corrected chi connectivity index (χ1v) is 5.89. The lowest BCUT2D eigenvalue weighted by atomic mass is 10.2. The summed E-state index contributed by atoms with van der Waals surface area (Å²) in [7, 11) is 1.68. The number of primary amides is 1. The van der Waals surface area contributed by atoms with Gasteiger partial charge in [-0.2, -0.15) is 0 Å². The van der Waals surface area contributed by atoms with Gasteiger partial charge in [-0.25, -0.2) is 4.98 Å². The van der Waals surface area contributed by atoms with Crippen LogP contribution in [0, 0.1) is 10.1 Å². The van der Waals surface area contributed by atoms with Crippen molar-refractivity contribution >= 4 is 17.4 Å². The van der Waals surface area contributed by atoms with E-state index in [4.69, 9.17) is 5.73 Å². The number of nitrogens with two attached hydrogens (primary N) is 1. The molecule has 0 saturated carbocycles. The van der Waals surface area contributed by atoms with Crippen LogP contribution in [-0.4, -0.2) is 32.8 Å². The van der Waals surface area contributed by atoms with Gasteiger partial charge in [-0.3, -0.25) is 24.9 Å². The molecule has 9 nitrogen and oxygen atoms in total. The molecule has 1 amide bonds. The molecule has 0 saturated heterocycles. The fraction of sp³-hybridized carbons (Fsp3) is 0.167. The van der Waals surface area contributed by atoms with Crippen LogP contribution in [0.25, 0.3) is 0 Å². The number of carbonyl (C=O) groups is 1. The summed E-state index contributed by atoms with van der Waals surface area (Å²) < 4.78 is 0. The van der Waals surface area contributed by atoms with Crippen molar-refractivity contribution in [3.63, 3.8) is 0 Å². The van der Waals surface area contributed by atoms with Gasteiger partial charge in [0.25, 0.3) is 11.6 Å². The van der Waals surface area contributed by atoms with Crippen LogP contribution in [0.4, 0.5) is 11.5 Å². The van der Waals surface area contributed by atoms with Crippen LogP contribution in [0.1, 0.15) is 16.1 Å². The first-order chi connectivity index (χ1) is 9.99. The molecule has 0 unspecified atom stereocenters. The number of rotatable bonds is 5. The maximum absolute atomic E-state index is 11.5. The molecule has 0 aliphatic carbocycles. The van der Waals surface area contributed by atoms with Gasteiger partial charge in [0.1, 0.15) is 12.0 Å². The molecule has 2 rings (SSSR count). The maximum atomic E-state index is 11.5. The first kappa shape index (κ1) is 14.3. The zero-order chi connectivity index (χ0) is 15.4. The highest BCUT2D eigenvalue weighted by atomic mass is 16.6. The van der Waals surface area contributed by atoms with Gasteiger partial charge >= 0.3 is 0 Å². The summed E-state index contributed by atoms with van der Waals surface area (Å²) in [5.74, 6) is -0.536. The molecule has 108 valence electrons. The molecule has 0 atom stereocenters. The van der Waals surface area contributed by atoms with Crippen molar-refractivity contribution in [3.05, 3.63) is 52.2 Å². The van der Waals surface area contributed by atoms with E-state index >= 15 is 0 Å². The van der Waals surface area contributed by atoms with Crippen molar-refractivity contribution in [2.24, 2.45) is 5.73 Å². The predicted molar refractivity (Wildman–Crippen MR) is 73.5 cm³/mol. The molecule has 2 aromatic rings. The molecule has 0 aromatic carbocycles. The molecule has 0 fully saturated rings. The van der Waals surface area contributed by atoms with Gasteiger partial charge in [-0.05, 0) is 0 Å². The molecular formula is C12H12N6O3. The van der Waals surface area contributed by atoms with Gasteiger partial charge in [-0.15, -0.1) is 0 Å². The van der Waals surface area contributed by atoms with E-state index < -0.39 is 10.8 Å². The summed E-state index contributed by atoms with van der Waals surface area (Å²) >= 11 is 0. The fourth-order valence-electron chi connectivity index (χ4n) is 1.76. The van der Waals surface area contributed by atoms with Crippen molar-refractivity contribution in [1.29, 1.82) is 0 Å². The van der Waals surface area contributed by atoms with E-state index in [-0.39, 0.29) is 17.1 Å². The minimum atomic E-state index is -0.785. The molecular weight excluding hydrogens is 276 g/mol. The summed E-state index contributed by atoms with van der Waals surface area (Å²) in [6.07, 6.45) is 5.74. The second-order valence-electron chi connectivity index (χ2n) is 4.24. The van der Waals surface area contributed by atoms with Crippen LogP contribution >= 0.6 is 0 Å². The number of carbonyl (C=O) groups excluding carboxylic acids is 1. The average Bonchev–Trinajstić information content (AvgIpc) is 2.47. The minimum Gasteiger partial charge on any atom is -0.365 e. The van der Waals surface area contributed by atoms with Gasteiger partial charge in [0, 0.05) is 25.5 Å². The molecule has 0 spiro atoms. The Hall–Kier alpha value is -3.10. The van der Waals surface area contributed by atoms with Crippen LogP contribution in [0.3, 0.4) is 0 Å². The van der Waals surface area contributed by atoms with Crippen molar-refractivity contribution in [2.75, 3.05) is 11.9 Å². The highest BCUT2D eigenvalue weighted by Crippen LogP contribution is 2.22. The van der Waals surface area contributed by atoms with E-state index in [1.54, 1.807) is 30.5 Å². The summed E-state index contributed by atoms with van der Waals surface area (Å²) in [5.41, 5.74) is 5.61. The third kappa shape index (κ3) is 3.26. The fourth-order valence-corrected chi connectivity index (χ4v) is 1.76. The molecule has 2 aromatic heterocycles. The molecule has 2 N–H and O–H groups in total. The summed E-state index contributed by atoms with van der Waals surface area (Å²) in [5, 5.41) is 10.7. The molecule has 21 heavy (non-hydrogen) atoms. The Labute approximate surface area is 119 Å². The molecule has 0 radical (unpaired) electrons. The van der Waals surface area contributed by atoms with Crippen LogP contribution in [0.2, 0.25) is 0 Å². The number of nitrogens with zero attached hydrogens (tertiary/aromatic N) is 5. The number of pyridine rings is 1. The van der Waals surface area contributed by atoms with E-state index in [9.17, 15) is 14.9 Å². The Bertz CT molecular complexity index is 676. The molecule has 0 aliphatic heterocycles. The van der Waals surface area contributed by atoms with E-state index in [2.05, 4.69) is 15.0 Å². The summed E-state index contributed by atoms with van der Waals surface area (Å²) in [6, 6.07) is 1.11. The largest absolute Gasteiger partial charge is 0.365 e. The number of anilines is 1. The Morgan fingerprint density at radius 1 is 1.38 bits per heavy atom. The topological polar surface area (TPSA) is 128 Å². The number of nitro groups is 1. The van der Waals surface area contributed by atoms with Gasteiger partial charge in [-0.1, -0.05) is 0 Å². The van der Waals surface area contributed by atoms with Gasteiger partial charge in [0.05, 0.1) is 28.9 Å². The number of aromatic nitrogens is 3. The van der Waals surface area contributed by atoms with Crippen molar-refractivity contribution in [1.82, 2.24) is 15.0 Å². The minimum absolute atomic E-state index is 0.0180. The summed E-state index contributed by atoms with van der Waals surface area (Å²) in [6.45, 7) is 0.332. The number of amides is 1. The van der Waals surface area contributed by atoms with Crippen LogP contribution < -0.4 is 10.6 Å². The van der Waals surface area contributed by atoms with Gasteiger partial charge in [0.2, 0.25) is 0 Å². The zero-order valence-corrected chi connectivity index (χ0v) is 11.1. The molecule has 2 heterocycles. The molecule has 9 heteroatoms. The van der Waals surface area contributed by atoms with Gasteiger partial charge < -0.3 is 10.6 Å². The van der Waals surface area contributed by atoms with Crippen LogP contribution in [0.15, 0.2) is 30.9 Å². The van der Waals surface area contributed by atoms with E-state index in [1.807, 2.05) is 0 Å². The summed E-state index contributed by atoms with van der Waals surface area (Å²) in [4.78, 5) is 35.2. The standard InChI is InChI=1S/C12H12N6O3/c1-17(7-8-5-14-2-3-15-8)12-10(11(13)19)4-9(6-16-12)18(20)21/h2-6H,7H2,1H3,(H2,13,19). The zero-order valence-electron chi connectivity index (χ0n) is 11.1. The van der Waals surface area contributed by atoms with Gasteiger partial charge in [0.15, 0.2) is 0 Å². The third-order valence-electron chi connectivity index (χ3n) is 2.71. The Balaban J connectivity index is 2.34. The van der Waals surface area contributed by atoms with Crippen LogP contribution in [-0.2, 0) is 6.54 Å². The maximum Gasteiger partial charge on any atom is 0.288 e. The Morgan fingerprint density at radius 2 is 2.14 bits per heavy atom. The quantitative estimate of drug-likeness (QED) is 0.627. The van der Waals surface area contributed by atoms with E-state index in [0.717, 1.165) is 12.3 Å². The van der Waals surface area contributed by atoms with Crippen LogP contribution in [0.5, 0.6) is 0 Å². The third-order valence-corrected chi connectivity index (χ3v) is 2.71. The van der Waals surface area contributed by atoms with Crippen molar-refractivity contribution in [3.8, 4) is 0 Å². The Morgan fingerprint density at radius 3 is 2.71 bits per heavy atom. The second-order valence-corrected chi connectivity index (χ2v) is 4.24. The first-order valence-electron chi connectivity index (χ1n) is 5.89. The number of hydrogen-bond acceptors (Lipinski definition) is 7. The van der Waals surface area contributed by atoms with Crippen molar-refractivity contribution < 1.29 is 9.72 Å². The highest BCUT2D eigenvalue weighted by molar-refractivity contribution is 5.98. The normalized spacial score (nSPS) is 10.1. The Kier molecular flexibility index (Phi) is 4.02. The predicted octanol–water partition coefficient (Wildman–Crippen LogP) is 0.515. The lowest BCUT2D eigenvalue weighted by Gasteiger charge is -2.19. The van der Waals surface area contributed by atoms with E-state index in [1.165, 1.54) is 0 Å². The lowest BCUT2D eigenvalue weighted by molar-refractivity contribution is -0.385. The monoisotopic (exact) mass is 288 g/mol. The second kappa shape index (κ2) is 5.90. The SMILES string of the molecule is CN(Cc1cnccn1)c1ncc([N+](=O)[O-])cc1C(N)=O. The molecule has 0 bridgehead atoms. The molecule has 0 aliphatic rings. The highest BCUT2D eigenvalue weighted by Gasteiger charge is 2.19. The van der Waals surface area contributed by atoms with Crippen molar-refractivity contribution in [2.45, 2.75) is 6.54 Å². The number of hydrogen-bond donors (Lipinski definition) is 1. The average molecular weight is 288 g/mol.